The molecule has 1 rings (SSSR count). The van der Waals surface area contributed by atoms with Crippen molar-refractivity contribution in [3.63, 3.8) is 0 Å². The summed E-state index contributed by atoms with van der Waals surface area (Å²) >= 11 is 0. The van der Waals surface area contributed by atoms with Gasteiger partial charge in [0.05, 0.1) is 12.0 Å². The third-order valence-electron chi connectivity index (χ3n) is 2.35. The molecule has 1 aliphatic rings. The quantitative estimate of drug-likeness (QED) is 0.575. The van der Waals surface area contributed by atoms with Crippen LogP contribution in [0.2, 0.25) is 0 Å². The van der Waals surface area contributed by atoms with Gasteiger partial charge in [-0.05, 0) is 33.4 Å². The monoisotopic (exact) mass is 200 g/mol. The van der Waals surface area contributed by atoms with Crippen molar-refractivity contribution < 1.29 is 9.53 Å². The van der Waals surface area contributed by atoms with Crippen LogP contribution >= 0.6 is 0 Å². The van der Waals surface area contributed by atoms with E-state index in [1.165, 1.54) is 0 Å². The first-order valence-corrected chi connectivity index (χ1v) is 5.33. The predicted octanol–water partition coefficient (Wildman–Crippen LogP) is 0.137. The normalized spacial score (nSPS) is 24.7. The number of amides is 1. The Morgan fingerprint density at radius 3 is 2.93 bits per heavy atom. The van der Waals surface area contributed by atoms with Crippen LogP contribution in [0.1, 0.15) is 19.8 Å². The first-order chi connectivity index (χ1) is 6.79. The molecule has 0 heterocycles. The highest BCUT2D eigenvalue weighted by Crippen LogP contribution is 2.33. The van der Waals surface area contributed by atoms with E-state index in [1.54, 1.807) is 0 Å². The van der Waals surface area contributed by atoms with E-state index in [4.69, 9.17) is 4.74 Å². The lowest BCUT2D eigenvalue weighted by Crippen LogP contribution is -2.29. The molecule has 0 aromatic rings. The van der Waals surface area contributed by atoms with Gasteiger partial charge in [-0.1, -0.05) is 0 Å². The Kier molecular flexibility index (Phi) is 4.90. The molecule has 82 valence electrons. The van der Waals surface area contributed by atoms with Gasteiger partial charge in [0.2, 0.25) is 5.91 Å². The molecule has 0 bridgehead atoms. The summed E-state index contributed by atoms with van der Waals surface area (Å²) in [5, 5.41) is 5.95. The van der Waals surface area contributed by atoms with Gasteiger partial charge in [0.25, 0.3) is 0 Å². The Balaban J connectivity index is 2.00. The Hall–Kier alpha value is -0.610. The first kappa shape index (κ1) is 11.5. The van der Waals surface area contributed by atoms with E-state index in [2.05, 4.69) is 10.6 Å². The Bertz CT molecular complexity index is 185. The fourth-order valence-electron chi connectivity index (χ4n) is 1.45. The molecule has 0 spiro atoms. The molecule has 0 aromatic carbocycles. The van der Waals surface area contributed by atoms with Crippen LogP contribution in [0.4, 0.5) is 0 Å². The topological polar surface area (TPSA) is 50.4 Å². The molecule has 14 heavy (non-hydrogen) atoms. The lowest BCUT2D eigenvalue weighted by atomic mass is 10.3. The van der Waals surface area contributed by atoms with E-state index >= 15 is 0 Å². The van der Waals surface area contributed by atoms with Gasteiger partial charge in [-0.25, -0.2) is 0 Å². The maximum atomic E-state index is 11.4. The van der Waals surface area contributed by atoms with Crippen molar-refractivity contribution in [1.82, 2.24) is 10.6 Å². The molecule has 4 nitrogen and oxygen atoms in total. The molecule has 4 heteroatoms. The largest absolute Gasteiger partial charge is 0.378 e. The van der Waals surface area contributed by atoms with Crippen molar-refractivity contribution in [2.24, 2.45) is 5.92 Å². The van der Waals surface area contributed by atoms with Crippen LogP contribution < -0.4 is 10.6 Å². The summed E-state index contributed by atoms with van der Waals surface area (Å²) in [6.45, 7) is 4.36. The Morgan fingerprint density at radius 2 is 2.29 bits per heavy atom. The van der Waals surface area contributed by atoms with Gasteiger partial charge in [0.15, 0.2) is 0 Å². The third kappa shape index (κ3) is 3.64. The van der Waals surface area contributed by atoms with Crippen LogP contribution in [-0.2, 0) is 9.53 Å². The van der Waals surface area contributed by atoms with Crippen molar-refractivity contribution >= 4 is 5.91 Å². The van der Waals surface area contributed by atoms with Gasteiger partial charge in [0, 0.05) is 13.2 Å². The lowest BCUT2D eigenvalue weighted by Gasteiger charge is -2.04. The van der Waals surface area contributed by atoms with E-state index in [-0.39, 0.29) is 17.9 Å². The summed E-state index contributed by atoms with van der Waals surface area (Å²) < 4.78 is 5.34. The molecule has 1 amide bonds. The fraction of sp³-hybridized carbons (Fsp3) is 0.900. The zero-order chi connectivity index (χ0) is 10.4. The lowest BCUT2D eigenvalue weighted by molar-refractivity contribution is -0.123. The number of hydrogen-bond donors (Lipinski definition) is 2. The summed E-state index contributed by atoms with van der Waals surface area (Å²) in [7, 11) is 1.91. The van der Waals surface area contributed by atoms with Crippen molar-refractivity contribution in [3.05, 3.63) is 0 Å². The van der Waals surface area contributed by atoms with E-state index < -0.39 is 0 Å². The van der Waals surface area contributed by atoms with Crippen molar-refractivity contribution in [2.45, 2.75) is 25.9 Å². The highest BCUT2D eigenvalue weighted by Gasteiger charge is 2.43. The Labute approximate surface area is 85.4 Å². The maximum absolute atomic E-state index is 11.4. The van der Waals surface area contributed by atoms with E-state index in [0.717, 1.165) is 25.9 Å². The molecule has 2 atom stereocenters. The van der Waals surface area contributed by atoms with Gasteiger partial charge in [-0.3, -0.25) is 4.79 Å². The molecule has 0 aromatic heterocycles. The number of hydrogen-bond acceptors (Lipinski definition) is 3. The van der Waals surface area contributed by atoms with Gasteiger partial charge < -0.3 is 15.4 Å². The van der Waals surface area contributed by atoms with E-state index in [1.807, 2.05) is 14.0 Å². The molecule has 1 saturated carbocycles. The number of ether oxygens (including phenoxy) is 1. The SMILES string of the molecule is CCOC1CC1C(=O)NCCCNC. The smallest absolute Gasteiger partial charge is 0.225 e. The number of carbonyl (C=O) groups excluding carboxylic acids is 1. The minimum atomic E-state index is 0.115. The molecule has 1 aliphatic carbocycles. The molecule has 2 N–H and O–H groups in total. The second-order valence-electron chi connectivity index (χ2n) is 3.58. The minimum absolute atomic E-state index is 0.115. The minimum Gasteiger partial charge on any atom is -0.378 e. The van der Waals surface area contributed by atoms with Crippen LogP contribution in [0.25, 0.3) is 0 Å². The summed E-state index contributed by atoms with van der Waals surface area (Å²) in [4.78, 5) is 11.4. The van der Waals surface area contributed by atoms with Gasteiger partial charge in [0.1, 0.15) is 0 Å². The Morgan fingerprint density at radius 1 is 1.50 bits per heavy atom. The first-order valence-electron chi connectivity index (χ1n) is 5.33. The van der Waals surface area contributed by atoms with Crippen LogP contribution in [0.5, 0.6) is 0 Å². The zero-order valence-corrected chi connectivity index (χ0v) is 9.01. The van der Waals surface area contributed by atoms with Gasteiger partial charge >= 0.3 is 0 Å². The second-order valence-corrected chi connectivity index (χ2v) is 3.58. The molecule has 0 saturated heterocycles. The van der Waals surface area contributed by atoms with Crippen LogP contribution in [0, 0.1) is 5.92 Å². The summed E-state index contributed by atoms with van der Waals surface area (Å²) in [5.41, 5.74) is 0. The molecule has 2 unspecified atom stereocenters. The van der Waals surface area contributed by atoms with Crippen molar-refractivity contribution in [1.29, 1.82) is 0 Å². The van der Waals surface area contributed by atoms with Gasteiger partial charge in [-0.15, -0.1) is 0 Å². The van der Waals surface area contributed by atoms with E-state index in [0.29, 0.717) is 6.61 Å². The number of carbonyl (C=O) groups is 1. The van der Waals surface area contributed by atoms with E-state index in [9.17, 15) is 4.79 Å². The summed E-state index contributed by atoms with van der Waals surface area (Å²) in [5.74, 6) is 0.268. The van der Waals surface area contributed by atoms with Crippen LogP contribution in [-0.4, -0.2) is 38.8 Å². The van der Waals surface area contributed by atoms with Crippen LogP contribution in [0.3, 0.4) is 0 Å². The summed E-state index contributed by atoms with van der Waals surface area (Å²) in [6.07, 6.45) is 2.06. The highest BCUT2D eigenvalue weighted by atomic mass is 16.5. The highest BCUT2D eigenvalue weighted by molar-refractivity contribution is 5.81. The molecule has 0 aliphatic heterocycles. The number of rotatable bonds is 7. The average Bonchev–Trinajstić information content (AvgIpc) is 2.92. The van der Waals surface area contributed by atoms with Gasteiger partial charge in [-0.2, -0.15) is 0 Å². The number of nitrogens with one attached hydrogen (secondary N) is 2. The fourth-order valence-corrected chi connectivity index (χ4v) is 1.45. The molecule has 0 radical (unpaired) electrons. The molecule has 1 fully saturated rings. The maximum Gasteiger partial charge on any atom is 0.225 e. The molecular formula is C10H20N2O2. The van der Waals surface area contributed by atoms with Crippen molar-refractivity contribution in [3.8, 4) is 0 Å². The standard InChI is InChI=1S/C10H20N2O2/c1-3-14-9-7-8(9)10(13)12-6-4-5-11-2/h8-9,11H,3-7H2,1-2H3,(H,12,13). The molecular weight excluding hydrogens is 180 g/mol. The zero-order valence-electron chi connectivity index (χ0n) is 9.01. The van der Waals surface area contributed by atoms with Crippen molar-refractivity contribution in [2.75, 3.05) is 26.7 Å². The van der Waals surface area contributed by atoms with Crippen LogP contribution in [0.15, 0.2) is 0 Å². The third-order valence-corrected chi connectivity index (χ3v) is 2.35. The summed E-state index contributed by atoms with van der Waals surface area (Å²) in [6, 6.07) is 0. The average molecular weight is 200 g/mol. The second kappa shape index (κ2) is 5.98. The predicted molar refractivity (Wildman–Crippen MR) is 55.1 cm³/mol.